The maximum absolute atomic E-state index is 11.6. The van der Waals surface area contributed by atoms with Crippen LogP contribution in [0.15, 0.2) is 0 Å². The van der Waals surface area contributed by atoms with Crippen LogP contribution in [-0.4, -0.2) is 42.8 Å². The van der Waals surface area contributed by atoms with Crippen molar-refractivity contribution >= 4 is 9.84 Å². The molecule has 1 aliphatic heterocycles. The van der Waals surface area contributed by atoms with Gasteiger partial charge >= 0.3 is 0 Å². The van der Waals surface area contributed by atoms with E-state index in [1.54, 1.807) is 0 Å². The molecule has 0 bridgehead atoms. The Morgan fingerprint density at radius 1 is 1.35 bits per heavy atom. The molecule has 1 fully saturated rings. The van der Waals surface area contributed by atoms with Crippen molar-refractivity contribution in [3.05, 3.63) is 17.0 Å². The number of aromatic nitrogens is 2. The van der Waals surface area contributed by atoms with E-state index in [4.69, 9.17) is 0 Å². The highest BCUT2D eigenvalue weighted by atomic mass is 32.2. The lowest BCUT2D eigenvalue weighted by atomic mass is 10.1. The summed E-state index contributed by atoms with van der Waals surface area (Å²) in [6.45, 7) is 8.21. The van der Waals surface area contributed by atoms with Gasteiger partial charge in [-0.25, -0.2) is 8.42 Å². The van der Waals surface area contributed by atoms with Gasteiger partial charge in [0.15, 0.2) is 9.84 Å². The predicted octanol–water partition coefficient (Wildman–Crippen LogP) is 1.40. The highest BCUT2D eigenvalue weighted by Gasteiger charge is 2.31. The van der Waals surface area contributed by atoms with Crippen molar-refractivity contribution < 1.29 is 8.42 Å². The minimum Gasteiger partial charge on any atom is -0.316 e. The average Bonchev–Trinajstić information content (AvgIpc) is 2.87. The zero-order chi connectivity index (χ0) is 14.8. The fourth-order valence-electron chi connectivity index (χ4n) is 2.90. The van der Waals surface area contributed by atoms with Gasteiger partial charge in [-0.05, 0) is 51.8 Å². The van der Waals surface area contributed by atoms with Crippen LogP contribution < -0.4 is 5.32 Å². The van der Waals surface area contributed by atoms with Gasteiger partial charge in [0.2, 0.25) is 0 Å². The Bertz CT molecular complexity index is 563. The fourth-order valence-corrected chi connectivity index (χ4v) is 4.59. The van der Waals surface area contributed by atoms with Crippen LogP contribution >= 0.6 is 0 Å². The number of rotatable bonds is 6. The first-order valence-electron chi connectivity index (χ1n) is 7.40. The minimum absolute atomic E-state index is 0.0241. The second-order valence-electron chi connectivity index (χ2n) is 5.65. The number of hydrogen-bond acceptors (Lipinski definition) is 4. The zero-order valence-electron chi connectivity index (χ0n) is 12.6. The molecule has 0 saturated carbocycles. The Labute approximate surface area is 121 Å². The van der Waals surface area contributed by atoms with E-state index in [2.05, 4.69) is 24.3 Å². The van der Waals surface area contributed by atoms with Crippen LogP contribution in [0, 0.1) is 13.8 Å². The molecule has 20 heavy (non-hydrogen) atoms. The van der Waals surface area contributed by atoms with Crippen molar-refractivity contribution in [1.29, 1.82) is 0 Å². The standard InChI is InChI=1S/C14H25N3O2S/c1-4-7-15-8-5-14-11(2)16-17(12(14)3)13-6-9-20(18,19)10-13/h13,15H,4-10H2,1-3H3. The van der Waals surface area contributed by atoms with E-state index in [-0.39, 0.29) is 11.8 Å². The molecule has 1 N–H and O–H groups in total. The van der Waals surface area contributed by atoms with Gasteiger partial charge in [0.25, 0.3) is 0 Å². The van der Waals surface area contributed by atoms with E-state index in [9.17, 15) is 8.42 Å². The Morgan fingerprint density at radius 3 is 2.70 bits per heavy atom. The monoisotopic (exact) mass is 299 g/mol. The van der Waals surface area contributed by atoms with Crippen LogP contribution in [0.25, 0.3) is 0 Å². The number of hydrogen-bond donors (Lipinski definition) is 1. The third-order valence-electron chi connectivity index (χ3n) is 4.01. The molecular weight excluding hydrogens is 274 g/mol. The van der Waals surface area contributed by atoms with Crippen molar-refractivity contribution in [1.82, 2.24) is 15.1 Å². The molecule has 0 spiro atoms. The van der Waals surface area contributed by atoms with Crippen molar-refractivity contribution in [2.45, 2.75) is 46.1 Å². The lowest BCUT2D eigenvalue weighted by molar-refractivity contribution is 0.485. The zero-order valence-corrected chi connectivity index (χ0v) is 13.5. The van der Waals surface area contributed by atoms with E-state index < -0.39 is 9.84 Å². The molecule has 0 radical (unpaired) electrons. The third-order valence-corrected chi connectivity index (χ3v) is 5.76. The lowest BCUT2D eigenvalue weighted by Gasteiger charge is -2.11. The topological polar surface area (TPSA) is 64.0 Å². The molecule has 1 atom stereocenters. The quantitative estimate of drug-likeness (QED) is 0.807. The van der Waals surface area contributed by atoms with Crippen molar-refractivity contribution in [3.63, 3.8) is 0 Å². The molecule has 2 rings (SSSR count). The SMILES string of the molecule is CCCNCCc1c(C)nn(C2CCS(=O)(=O)C2)c1C. The average molecular weight is 299 g/mol. The molecule has 6 heteroatoms. The number of nitrogens with zero attached hydrogens (tertiary/aromatic N) is 2. The first-order valence-corrected chi connectivity index (χ1v) is 9.22. The highest BCUT2D eigenvalue weighted by Crippen LogP contribution is 2.26. The molecule has 1 saturated heterocycles. The molecule has 5 nitrogen and oxygen atoms in total. The van der Waals surface area contributed by atoms with E-state index >= 15 is 0 Å². The van der Waals surface area contributed by atoms with Gasteiger partial charge in [0.05, 0.1) is 23.2 Å². The van der Waals surface area contributed by atoms with Gasteiger partial charge in [-0.1, -0.05) is 6.92 Å². The minimum atomic E-state index is -2.86. The summed E-state index contributed by atoms with van der Waals surface area (Å²) < 4.78 is 25.2. The Hall–Kier alpha value is -0.880. The van der Waals surface area contributed by atoms with Crippen LogP contribution in [0.3, 0.4) is 0 Å². The van der Waals surface area contributed by atoms with Crippen LogP contribution in [0.2, 0.25) is 0 Å². The molecule has 1 aromatic rings. The third kappa shape index (κ3) is 3.41. The maximum atomic E-state index is 11.6. The van der Waals surface area contributed by atoms with Crippen LogP contribution in [0.4, 0.5) is 0 Å². The normalized spacial score (nSPS) is 21.4. The molecule has 2 heterocycles. The molecule has 0 amide bonds. The number of aryl methyl sites for hydroxylation is 1. The molecular formula is C14H25N3O2S. The van der Waals surface area contributed by atoms with Gasteiger partial charge < -0.3 is 5.32 Å². The van der Waals surface area contributed by atoms with Gasteiger partial charge in [0.1, 0.15) is 0 Å². The summed E-state index contributed by atoms with van der Waals surface area (Å²) in [4.78, 5) is 0. The second-order valence-corrected chi connectivity index (χ2v) is 7.88. The lowest BCUT2D eigenvalue weighted by Crippen LogP contribution is -2.18. The summed E-state index contributed by atoms with van der Waals surface area (Å²) in [6.07, 6.45) is 2.78. The number of nitrogens with one attached hydrogen (secondary N) is 1. The summed E-state index contributed by atoms with van der Waals surface area (Å²) in [6, 6.07) is 0.0241. The van der Waals surface area contributed by atoms with Crippen molar-refractivity contribution in [3.8, 4) is 0 Å². The van der Waals surface area contributed by atoms with Crippen molar-refractivity contribution in [2.75, 3.05) is 24.6 Å². The van der Waals surface area contributed by atoms with E-state index in [1.807, 2.05) is 11.6 Å². The first-order chi connectivity index (χ1) is 9.44. The van der Waals surface area contributed by atoms with Gasteiger partial charge in [0, 0.05) is 5.69 Å². The predicted molar refractivity (Wildman–Crippen MR) is 80.9 cm³/mol. The maximum Gasteiger partial charge on any atom is 0.152 e. The number of sulfone groups is 1. The smallest absolute Gasteiger partial charge is 0.152 e. The highest BCUT2D eigenvalue weighted by molar-refractivity contribution is 7.91. The van der Waals surface area contributed by atoms with Crippen molar-refractivity contribution in [2.24, 2.45) is 0 Å². The molecule has 114 valence electrons. The van der Waals surface area contributed by atoms with E-state index in [0.717, 1.165) is 37.3 Å². The van der Waals surface area contributed by atoms with Gasteiger partial charge in [-0.2, -0.15) is 5.10 Å². The van der Waals surface area contributed by atoms with Gasteiger partial charge in [-0.3, -0.25) is 4.68 Å². The van der Waals surface area contributed by atoms with E-state index in [0.29, 0.717) is 12.2 Å². The Balaban J connectivity index is 2.09. The molecule has 1 aromatic heterocycles. The summed E-state index contributed by atoms with van der Waals surface area (Å²) >= 11 is 0. The van der Waals surface area contributed by atoms with Crippen LogP contribution in [-0.2, 0) is 16.3 Å². The molecule has 1 unspecified atom stereocenters. The second kappa shape index (κ2) is 6.26. The van der Waals surface area contributed by atoms with Gasteiger partial charge in [-0.15, -0.1) is 0 Å². The summed E-state index contributed by atoms with van der Waals surface area (Å²) in [5, 5.41) is 7.98. The Morgan fingerprint density at radius 2 is 2.10 bits per heavy atom. The summed E-state index contributed by atoms with van der Waals surface area (Å²) in [5.74, 6) is 0.534. The fraction of sp³-hybridized carbons (Fsp3) is 0.786. The Kier molecular flexibility index (Phi) is 4.86. The summed E-state index contributed by atoms with van der Waals surface area (Å²) in [5.41, 5.74) is 3.42. The van der Waals surface area contributed by atoms with Crippen LogP contribution in [0.1, 0.15) is 42.8 Å². The van der Waals surface area contributed by atoms with Crippen LogP contribution in [0.5, 0.6) is 0 Å². The molecule has 0 aromatic carbocycles. The molecule has 0 aliphatic carbocycles. The largest absolute Gasteiger partial charge is 0.316 e. The summed E-state index contributed by atoms with van der Waals surface area (Å²) in [7, 11) is -2.86. The first kappa shape index (κ1) is 15.5. The molecule has 1 aliphatic rings. The van der Waals surface area contributed by atoms with E-state index in [1.165, 1.54) is 5.56 Å².